The molecule has 6 heteroatoms. The Morgan fingerprint density at radius 2 is 0.804 bits per heavy atom. The number of ether oxygens (including phenoxy) is 4. The van der Waals surface area contributed by atoms with Gasteiger partial charge in [0.1, 0.15) is 36.9 Å². The van der Waals surface area contributed by atoms with Gasteiger partial charge in [-0.3, -0.25) is 0 Å². The third kappa shape index (κ3) is 29.6. The normalized spacial score (nSPS) is 12.9. The Morgan fingerprint density at radius 1 is 0.446 bits per heavy atom. The lowest BCUT2D eigenvalue weighted by molar-refractivity contribution is -0.0317. The van der Waals surface area contributed by atoms with Crippen LogP contribution in [0.1, 0.15) is 166 Å². The molecule has 0 amide bonds. The number of unbranched alkanes of at least 4 members (excludes halogenated alkanes) is 18. The predicted molar refractivity (Wildman–Crippen MR) is 236 cm³/mol. The molecule has 0 aliphatic carbocycles. The average Bonchev–Trinajstić information content (AvgIpc) is 3.21. The Labute approximate surface area is 343 Å². The van der Waals surface area contributed by atoms with Gasteiger partial charge in [0, 0.05) is 0 Å². The van der Waals surface area contributed by atoms with Crippen LogP contribution in [0, 0.1) is 0 Å². The van der Waals surface area contributed by atoms with Crippen LogP contribution in [0.2, 0.25) is 0 Å². The van der Waals surface area contributed by atoms with Crippen LogP contribution >= 0.6 is 0 Å². The van der Waals surface area contributed by atoms with Crippen LogP contribution in [0.3, 0.4) is 0 Å². The van der Waals surface area contributed by atoms with Crippen LogP contribution in [0.5, 0.6) is 11.5 Å². The Kier molecular flexibility index (Phi) is 32.4. The summed E-state index contributed by atoms with van der Waals surface area (Å²) in [5.41, 5.74) is 2.56. The van der Waals surface area contributed by atoms with Gasteiger partial charge < -0.3 is 29.2 Å². The van der Waals surface area contributed by atoms with E-state index < -0.39 is 12.2 Å². The van der Waals surface area contributed by atoms with Gasteiger partial charge in [0.05, 0.1) is 26.4 Å². The van der Waals surface area contributed by atoms with Crippen LogP contribution in [0.4, 0.5) is 0 Å². The second-order valence-electron chi connectivity index (χ2n) is 15.6. The van der Waals surface area contributed by atoms with Crippen molar-refractivity contribution < 1.29 is 29.2 Å². The molecular weight excluding hydrogens is 697 g/mol. The average molecular weight is 779 g/mol. The van der Waals surface area contributed by atoms with Gasteiger partial charge in [-0.1, -0.05) is 152 Å². The molecule has 2 N–H and O–H groups in total. The predicted octanol–water partition coefficient (Wildman–Crippen LogP) is 12.7. The number of allylic oxidation sites excluding steroid dienone is 4. The van der Waals surface area contributed by atoms with Crippen molar-refractivity contribution >= 4 is 0 Å². The van der Waals surface area contributed by atoms with Crippen LogP contribution < -0.4 is 9.47 Å². The Morgan fingerprint density at radius 3 is 1.20 bits per heavy atom. The zero-order chi connectivity index (χ0) is 40.0. The third-order valence-electron chi connectivity index (χ3n) is 10.1. The lowest BCUT2D eigenvalue weighted by Crippen LogP contribution is -2.26. The number of aliphatic hydroxyl groups excluding tert-OH is 2. The summed E-state index contributed by atoms with van der Waals surface area (Å²) in [5.74, 6) is 1.56. The van der Waals surface area contributed by atoms with E-state index in [0.29, 0.717) is 13.2 Å². The number of benzene rings is 2. The standard InChI is InChI=1S/C50H82O6/c1-3-5-7-9-11-13-15-17-19-21-23-25-27-31-45-33-29-35-49(39-45)55-43-47(51)41-53-37-38-54-42-48(52)44-56-50-36-30-34-46(40-50)32-28-26-24-22-20-18-16-14-12-10-8-6-4-2/h9-12,29-30,33-36,39-40,47-48,51-52H,3-8,13-28,31-32,37-38,41-44H2,1-2H3/b11-9+,12-10+. The quantitative estimate of drug-likeness (QED) is 0.0520. The molecule has 0 heterocycles. The maximum Gasteiger partial charge on any atom is 0.119 e. The van der Waals surface area contributed by atoms with Gasteiger partial charge in [0.25, 0.3) is 0 Å². The number of rotatable bonds is 39. The molecule has 0 saturated carbocycles. The zero-order valence-corrected chi connectivity index (χ0v) is 35.8. The van der Waals surface area contributed by atoms with Gasteiger partial charge in [-0.25, -0.2) is 0 Å². The van der Waals surface area contributed by atoms with Crippen molar-refractivity contribution in [3.63, 3.8) is 0 Å². The molecule has 6 nitrogen and oxygen atoms in total. The number of aliphatic hydroxyl groups is 2. The topological polar surface area (TPSA) is 77.4 Å². The van der Waals surface area contributed by atoms with Gasteiger partial charge in [0.15, 0.2) is 0 Å². The molecule has 0 aliphatic heterocycles. The maximum atomic E-state index is 10.3. The minimum absolute atomic E-state index is 0.165. The summed E-state index contributed by atoms with van der Waals surface area (Å²) >= 11 is 0. The summed E-state index contributed by atoms with van der Waals surface area (Å²) in [5, 5.41) is 20.7. The summed E-state index contributed by atoms with van der Waals surface area (Å²) in [6.45, 7) is 5.83. The fraction of sp³-hybridized carbons (Fsp3) is 0.680. The summed E-state index contributed by atoms with van der Waals surface area (Å²) in [7, 11) is 0. The molecule has 0 fully saturated rings. The SMILES string of the molecule is CCCC/C=C/CCCCCCCCCc1cccc(OCC(O)COCCOCC(O)COc2cccc(CCCCCCCCC/C=C/CCCC)c2)c1. The first-order chi connectivity index (χ1) is 27.6. The molecule has 2 rings (SSSR count). The molecular formula is C50H82O6. The molecule has 2 unspecified atom stereocenters. The monoisotopic (exact) mass is 779 g/mol. The van der Waals surface area contributed by atoms with Crippen molar-refractivity contribution in [1.82, 2.24) is 0 Å². The van der Waals surface area contributed by atoms with Gasteiger partial charge >= 0.3 is 0 Å². The van der Waals surface area contributed by atoms with E-state index in [4.69, 9.17) is 18.9 Å². The first-order valence-electron chi connectivity index (χ1n) is 22.9. The van der Waals surface area contributed by atoms with Crippen molar-refractivity contribution in [2.45, 2.75) is 180 Å². The van der Waals surface area contributed by atoms with E-state index in [0.717, 1.165) is 24.3 Å². The van der Waals surface area contributed by atoms with E-state index in [-0.39, 0.29) is 26.4 Å². The Hall–Kier alpha value is -2.64. The van der Waals surface area contributed by atoms with Crippen LogP contribution in [0.15, 0.2) is 72.8 Å². The maximum absolute atomic E-state index is 10.3. The summed E-state index contributed by atoms with van der Waals surface area (Å²) < 4.78 is 22.9. The minimum atomic E-state index is -0.729. The van der Waals surface area contributed by atoms with Crippen molar-refractivity contribution in [3.8, 4) is 11.5 Å². The molecule has 0 aliphatic rings. The first kappa shape index (κ1) is 49.5. The minimum Gasteiger partial charge on any atom is -0.491 e. The van der Waals surface area contributed by atoms with E-state index >= 15 is 0 Å². The van der Waals surface area contributed by atoms with E-state index in [1.807, 2.05) is 24.3 Å². The first-order valence-corrected chi connectivity index (χ1v) is 22.9. The van der Waals surface area contributed by atoms with E-state index in [2.05, 4.69) is 62.4 Å². The van der Waals surface area contributed by atoms with Gasteiger partial charge in [0.2, 0.25) is 0 Å². The molecule has 318 valence electrons. The van der Waals surface area contributed by atoms with Crippen molar-refractivity contribution in [2.24, 2.45) is 0 Å². The Bertz CT molecular complexity index is 1120. The van der Waals surface area contributed by atoms with E-state index in [1.165, 1.54) is 152 Å². The van der Waals surface area contributed by atoms with Gasteiger partial charge in [-0.05, 0) is 99.6 Å². The second kappa shape index (κ2) is 36.7. The van der Waals surface area contributed by atoms with Crippen LogP contribution in [-0.2, 0) is 22.3 Å². The summed E-state index contributed by atoms with van der Waals surface area (Å²) in [6, 6.07) is 16.4. The molecule has 0 radical (unpaired) electrons. The fourth-order valence-electron chi connectivity index (χ4n) is 6.68. The van der Waals surface area contributed by atoms with Gasteiger partial charge in [-0.2, -0.15) is 0 Å². The lowest BCUT2D eigenvalue weighted by Gasteiger charge is -2.15. The molecule has 0 bridgehead atoms. The lowest BCUT2D eigenvalue weighted by atomic mass is 10.0. The summed E-state index contributed by atoms with van der Waals surface area (Å²) in [6.07, 6.45) is 38.4. The van der Waals surface area contributed by atoms with Crippen LogP contribution in [-0.4, -0.2) is 62.1 Å². The smallest absolute Gasteiger partial charge is 0.119 e. The highest BCUT2D eigenvalue weighted by atomic mass is 16.5. The van der Waals surface area contributed by atoms with Gasteiger partial charge in [-0.15, -0.1) is 0 Å². The molecule has 0 aromatic heterocycles. The van der Waals surface area contributed by atoms with E-state index in [1.54, 1.807) is 0 Å². The fourth-order valence-corrected chi connectivity index (χ4v) is 6.68. The number of aryl methyl sites for hydroxylation is 2. The molecule has 56 heavy (non-hydrogen) atoms. The molecule has 0 spiro atoms. The number of hydrogen-bond donors (Lipinski definition) is 2. The largest absolute Gasteiger partial charge is 0.491 e. The second-order valence-corrected chi connectivity index (χ2v) is 15.6. The Balaban J connectivity index is 1.42. The van der Waals surface area contributed by atoms with Crippen molar-refractivity contribution in [3.05, 3.63) is 84.0 Å². The van der Waals surface area contributed by atoms with Crippen molar-refractivity contribution in [2.75, 3.05) is 39.6 Å². The molecule has 2 atom stereocenters. The zero-order valence-electron chi connectivity index (χ0n) is 35.8. The highest BCUT2D eigenvalue weighted by Crippen LogP contribution is 2.19. The van der Waals surface area contributed by atoms with Crippen molar-refractivity contribution in [1.29, 1.82) is 0 Å². The third-order valence-corrected chi connectivity index (χ3v) is 10.1. The van der Waals surface area contributed by atoms with E-state index in [9.17, 15) is 10.2 Å². The highest BCUT2D eigenvalue weighted by molar-refractivity contribution is 5.29. The molecule has 2 aromatic rings. The molecule has 2 aromatic carbocycles. The highest BCUT2D eigenvalue weighted by Gasteiger charge is 2.09. The number of hydrogen-bond acceptors (Lipinski definition) is 6. The summed E-state index contributed by atoms with van der Waals surface area (Å²) in [4.78, 5) is 0. The molecule has 0 saturated heterocycles. The van der Waals surface area contributed by atoms with Crippen LogP contribution in [0.25, 0.3) is 0 Å².